The molecule has 2 heterocycles. The largest absolute Gasteiger partial charge is 0.341 e. The number of benzene rings is 1. The minimum atomic E-state index is -0.199. The lowest BCUT2D eigenvalue weighted by Crippen LogP contribution is -2.17. The van der Waals surface area contributed by atoms with E-state index in [0.29, 0.717) is 11.2 Å². The van der Waals surface area contributed by atoms with Gasteiger partial charge in [0, 0.05) is 0 Å². The van der Waals surface area contributed by atoms with E-state index >= 15 is 0 Å². The van der Waals surface area contributed by atoms with Crippen molar-refractivity contribution in [3.05, 3.63) is 46.9 Å². The van der Waals surface area contributed by atoms with Gasteiger partial charge in [0.1, 0.15) is 5.52 Å². The van der Waals surface area contributed by atoms with Gasteiger partial charge in [-0.05, 0) is 18.1 Å². The van der Waals surface area contributed by atoms with E-state index in [1.54, 1.807) is 0 Å². The maximum atomic E-state index is 12.1. The summed E-state index contributed by atoms with van der Waals surface area (Å²) < 4.78 is 0. The number of aromatic amines is 1. The van der Waals surface area contributed by atoms with Crippen molar-refractivity contribution < 1.29 is 4.79 Å². The molecular formula is C14H12ClN5O. The molecule has 0 saturated carbocycles. The highest BCUT2D eigenvalue weighted by Gasteiger charge is 2.11. The van der Waals surface area contributed by atoms with Gasteiger partial charge < -0.3 is 4.98 Å². The molecule has 106 valence electrons. The Morgan fingerprint density at radius 2 is 2.14 bits per heavy atom. The molecule has 0 aliphatic rings. The van der Waals surface area contributed by atoms with Crippen LogP contribution in [0.1, 0.15) is 11.1 Å². The summed E-state index contributed by atoms with van der Waals surface area (Å²) in [5, 5.41) is 2.87. The fourth-order valence-electron chi connectivity index (χ4n) is 2.00. The molecule has 0 unspecified atom stereocenters. The van der Waals surface area contributed by atoms with Crippen LogP contribution in [0.4, 0.5) is 5.95 Å². The van der Waals surface area contributed by atoms with Crippen LogP contribution >= 0.6 is 11.6 Å². The van der Waals surface area contributed by atoms with Crippen LogP contribution in [-0.4, -0.2) is 25.8 Å². The zero-order chi connectivity index (χ0) is 14.8. The average Bonchev–Trinajstić information content (AvgIpc) is 2.90. The van der Waals surface area contributed by atoms with Gasteiger partial charge in [0.05, 0.1) is 12.7 Å². The number of imidazole rings is 1. The van der Waals surface area contributed by atoms with Crippen molar-refractivity contribution in [1.82, 2.24) is 19.9 Å². The second-order valence-corrected chi connectivity index (χ2v) is 4.95. The van der Waals surface area contributed by atoms with Crippen molar-refractivity contribution in [3.63, 3.8) is 0 Å². The number of aromatic nitrogens is 4. The summed E-state index contributed by atoms with van der Waals surface area (Å²) in [4.78, 5) is 27.1. The van der Waals surface area contributed by atoms with E-state index in [4.69, 9.17) is 11.6 Å². The number of halogens is 1. The highest BCUT2D eigenvalue weighted by molar-refractivity contribution is 6.33. The smallest absolute Gasteiger partial charge is 0.233 e. The number of carbonyl (C=O) groups excluding carboxylic acids is 1. The van der Waals surface area contributed by atoms with Crippen LogP contribution in [0.25, 0.3) is 11.2 Å². The second kappa shape index (κ2) is 5.49. The first-order valence-electron chi connectivity index (χ1n) is 6.34. The maximum absolute atomic E-state index is 12.1. The summed E-state index contributed by atoms with van der Waals surface area (Å²) in [6, 6.07) is 7.72. The lowest BCUT2D eigenvalue weighted by atomic mass is 10.1. The quantitative estimate of drug-likeness (QED) is 0.728. The molecule has 7 heteroatoms. The molecule has 3 rings (SSSR count). The van der Waals surface area contributed by atoms with E-state index in [0.717, 1.165) is 11.1 Å². The summed E-state index contributed by atoms with van der Waals surface area (Å²) in [7, 11) is 0. The molecule has 21 heavy (non-hydrogen) atoms. The number of anilines is 1. The summed E-state index contributed by atoms with van der Waals surface area (Å²) in [6.45, 7) is 1.96. The Kier molecular flexibility index (Phi) is 3.53. The molecular weight excluding hydrogens is 290 g/mol. The third kappa shape index (κ3) is 2.85. The second-order valence-electron chi connectivity index (χ2n) is 4.59. The van der Waals surface area contributed by atoms with Crippen LogP contribution in [-0.2, 0) is 11.2 Å². The molecule has 0 aliphatic carbocycles. The number of hydrogen-bond donors (Lipinski definition) is 2. The van der Waals surface area contributed by atoms with Crippen LogP contribution < -0.4 is 5.32 Å². The van der Waals surface area contributed by atoms with Crippen LogP contribution in [0.15, 0.2) is 30.6 Å². The Morgan fingerprint density at radius 3 is 2.95 bits per heavy atom. The zero-order valence-electron chi connectivity index (χ0n) is 11.2. The van der Waals surface area contributed by atoms with Crippen molar-refractivity contribution >= 4 is 34.6 Å². The number of rotatable bonds is 3. The van der Waals surface area contributed by atoms with Crippen LogP contribution in [0.3, 0.4) is 0 Å². The third-order valence-corrected chi connectivity index (χ3v) is 3.38. The van der Waals surface area contributed by atoms with Crippen LogP contribution in [0.2, 0.25) is 5.15 Å². The van der Waals surface area contributed by atoms with E-state index in [1.165, 1.54) is 6.33 Å². The fourth-order valence-corrected chi connectivity index (χ4v) is 2.22. The van der Waals surface area contributed by atoms with Crippen molar-refractivity contribution in [2.24, 2.45) is 0 Å². The Labute approximate surface area is 125 Å². The van der Waals surface area contributed by atoms with Crippen LogP contribution in [0.5, 0.6) is 0 Å². The highest BCUT2D eigenvalue weighted by atomic mass is 35.5. The van der Waals surface area contributed by atoms with Crippen molar-refractivity contribution in [2.75, 3.05) is 5.32 Å². The first kappa shape index (κ1) is 13.5. The summed E-state index contributed by atoms with van der Waals surface area (Å²) >= 11 is 6.00. The molecule has 0 radical (unpaired) electrons. The Balaban J connectivity index is 1.78. The molecule has 6 nitrogen and oxygen atoms in total. The van der Waals surface area contributed by atoms with Gasteiger partial charge in [-0.1, -0.05) is 35.9 Å². The maximum Gasteiger partial charge on any atom is 0.233 e. The molecule has 0 spiro atoms. The van der Waals surface area contributed by atoms with Gasteiger partial charge in [-0.3, -0.25) is 10.1 Å². The standard InChI is InChI=1S/C14H12ClN5O/c1-8-4-2-3-5-9(8)6-10(21)18-14-19-12(15)11-13(20-14)17-7-16-11/h2-5,7H,6H2,1H3,(H2,16,17,18,19,20,21). The minimum Gasteiger partial charge on any atom is -0.341 e. The first-order valence-corrected chi connectivity index (χ1v) is 6.72. The van der Waals surface area contributed by atoms with Crippen molar-refractivity contribution in [2.45, 2.75) is 13.3 Å². The Morgan fingerprint density at radius 1 is 1.33 bits per heavy atom. The van der Waals surface area contributed by atoms with Gasteiger partial charge in [0.15, 0.2) is 10.8 Å². The molecule has 0 saturated heterocycles. The molecule has 2 aromatic heterocycles. The van der Waals surface area contributed by atoms with Gasteiger partial charge >= 0.3 is 0 Å². The highest BCUT2D eigenvalue weighted by Crippen LogP contribution is 2.18. The predicted molar refractivity (Wildman–Crippen MR) is 80.2 cm³/mol. The predicted octanol–water partition coefficient (Wildman–Crippen LogP) is 2.50. The van der Waals surface area contributed by atoms with Gasteiger partial charge in [-0.2, -0.15) is 9.97 Å². The molecule has 0 atom stereocenters. The summed E-state index contributed by atoms with van der Waals surface area (Å²) in [5.74, 6) is -0.0477. The topological polar surface area (TPSA) is 83.6 Å². The molecule has 3 aromatic rings. The van der Waals surface area contributed by atoms with Gasteiger partial charge in [0.25, 0.3) is 0 Å². The van der Waals surface area contributed by atoms with Crippen molar-refractivity contribution in [3.8, 4) is 0 Å². The number of carbonyl (C=O) groups is 1. The Hall–Kier alpha value is -2.47. The van der Waals surface area contributed by atoms with Crippen molar-refractivity contribution in [1.29, 1.82) is 0 Å². The summed E-state index contributed by atoms with van der Waals surface area (Å²) in [6.07, 6.45) is 1.73. The fraction of sp³-hybridized carbons (Fsp3) is 0.143. The number of aryl methyl sites for hydroxylation is 1. The van der Waals surface area contributed by atoms with E-state index in [2.05, 4.69) is 25.3 Å². The molecule has 1 amide bonds. The van der Waals surface area contributed by atoms with Crippen LogP contribution in [0, 0.1) is 6.92 Å². The number of amides is 1. The normalized spacial score (nSPS) is 10.8. The zero-order valence-corrected chi connectivity index (χ0v) is 12.0. The lowest BCUT2D eigenvalue weighted by Gasteiger charge is -2.06. The summed E-state index contributed by atoms with van der Waals surface area (Å²) in [5.41, 5.74) is 2.99. The monoisotopic (exact) mass is 301 g/mol. The molecule has 1 aromatic carbocycles. The van der Waals surface area contributed by atoms with E-state index in [9.17, 15) is 4.79 Å². The van der Waals surface area contributed by atoms with Gasteiger partial charge in [-0.25, -0.2) is 4.98 Å². The molecule has 0 aliphatic heterocycles. The lowest BCUT2D eigenvalue weighted by molar-refractivity contribution is -0.115. The number of nitrogens with zero attached hydrogens (tertiary/aromatic N) is 3. The van der Waals surface area contributed by atoms with E-state index in [-0.39, 0.29) is 23.4 Å². The van der Waals surface area contributed by atoms with Gasteiger partial charge in [-0.15, -0.1) is 0 Å². The van der Waals surface area contributed by atoms with E-state index < -0.39 is 0 Å². The first-order chi connectivity index (χ1) is 10.1. The number of H-pyrrole nitrogens is 1. The molecule has 0 bridgehead atoms. The molecule has 0 fully saturated rings. The van der Waals surface area contributed by atoms with Gasteiger partial charge in [0.2, 0.25) is 11.9 Å². The average molecular weight is 302 g/mol. The SMILES string of the molecule is Cc1ccccc1CC(=O)Nc1nc(Cl)c2[nH]cnc2n1. The molecule has 2 N–H and O–H groups in total. The van der Waals surface area contributed by atoms with E-state index in [1.807, 2.05) is 31.2 Å². The number of hydrogen-bond acceptors (Lipinski definition) is 4. The Bertz CT molecular complexity index is 814. The number of nitrogens with one attached hydrogen (secondary N) is 2. The third-order valence-electron chi connectivity index (χ3n) is 3.10. The number of fused-ring (bicyclic) bond motifs is 1. The minimum absolute atomic E-state index is 0.151.